The Kier molecular flexibility index (Phi) is 1.63. The van der Waals surface area contributed by atoms with E-state index in [4.69, 9.17) is 5.11 Å². The molecule has 0 fully saturated rings. The van der Waals surface area contributed by atoms with Crippen molar-refractivity contribution in [2.24, 2.45) is 0 Å². The maximum absolute atomic E-state index is 10.8. The number of hydrogen-bond acceptors (Lipinski definition) is 4. The zero-order chi connectivity index (χ0) is 9.42. The topological polar surface area (TPSA) is 83.0 Å². The first-order valence-corrected chi connectivity index (χ1v) is 4.20. The fourth-order valence-electron chi connectivity index (χ4n) is 0.955. The summed E-state index contributed by atoms with van der Waals surface area (Å²) in [5.41, 5.74) is 0.136. The molecule has 66 valence electrons. The Bertz CT molecular complexity index is 528. The molecule has 2 aromatic rings. The molecule has 0 bridgehead atoms. The molecular formula is C7H4N2O3S. The van der Waals surface area contributed by atoms with Gasteiger partial charge in [-0.05, 0) is 6.07 Å². The Balaban J connectivity index is 2.75. The lowest BCUT2D eigenvalue weighted by atomic mass is 10.4. The van der Waals surface area contributed by atoms with E-state index in [2.05, 4.69) is 9.97 Å². The van der Waals surface area contributed by atoms with Crippen LogP contribution in [0.25, 0.3) is 10.3 Å². The highest BCUT2D eigenvalue weighted by atomic mass is 32.1. The first-order valence-electron chi connectivity index (χ1n) is 3.39. The van der Waals surface area contributed by atoms with Gasteiger partial charge in [0.2, 0.25) is 0 Å². The second-order valence-corrected chi connectivity index (χ2v) is 3.41. The second kappa shape index (κ2) is 2.67. The van der Waals surface area contributed by atoms with Gasteiger partial charge in [0.1, 0.15) is 9.71 Å². The minimum atomic E-state index is -1.01. The predicted molar refractivity (Wildman–Crippen MR) is 47.2 cm³/mol. The number of thiophene rings is 1. The van der Waals surface area contributed by atoms with Gasteiger partial charge in [0.25, 0.3) is 5.56 Å². The van der Waals surface area contributed by atoms with Crippen molar-refractivity contribution in [3.05, 3.63) is 27.5 Å². The summed E-state index contributed by atoms with van der Waals surface area (Å²) in [6.45, 7) is 0. The number of aromatic carboxylic acids is 1. The molecule has 0 saturated heterocycles. The number of rotatable bonds is 1. The third kappa shape index (κ3) is 1.31. The monoisotopic (exact) mass is 196 g/mol. The Morgan fingerprint density at radius 3 is 3.08 bits per heavy atom. The number of fused-ring (bicyclic) bond motifs is 1. The molecule has 13 heavy (non-hydrogen) atoms. The molecule has 0 aromatic carbocycles. The summed E-state index contributed by atoms with van der Waals surface area (Å²) in [7, 11) is 0. The molecule has 0 aliphatic rings. The molecule has 0 aliphatic carbocycles. The van der Waals surface area contributed by atoms with Crippen LogP contribution in [0, 0.1) is 0 Å². The van der Waals surface area contributed by atoms with E-state index in [0.29, 0.717) is 10.3 Å². The van der Waals surface area contributed by atoms with Crippen LogP contribution in [-0.2, 0) is 0 Å². The van der Waals surface area contributed by atoms with E-state index in [9.17, 15) is 9.59 Å². The first-order chi connectivity index (χ1) is 6.16. The first kappa shape index (κ1) is 7.93. The smallest absolute Gasteiger partial charge is 0.346 e. The van der Waals surface area contributed by atoms with Crippen molar-refractivity contribution in [1.29, 1.82) is 0 Å². The van der Waals surface area contributed by atoms with Crippen LogP contribution < -0.4 is 5.56 Å². The summed E-state index contributed by atoms with van der Waals surface area (Å²) in [5, 5.41) is 8.65. The van der Waals surface area contributed by atoms with Gasteiger partial charge in [-0.25, -0.2) is 9.78 Å². The molecule has 0 atom stereocenters. The van der Waals surface area contributed by atoms with Gasteiger partial charge in [0, 0.05) is 0 Å². The van der Waals surface area contributed by atoms with Crippen molar-refractivity contribution in [2.75, 3.05) is 0 Å². The lowest BCUT2D eigenvalue weighted by Crippen LogP contribution is -2.03. The molecule has 0 saturated carbocycles. The fourth-order valence-corrected chi connectivity index (χ4v) is 1.75. The van der Waals surface area contributed by atoms with Crippen molar-refractivity contribution >= 4 is 27.7 Å². The van der Waals surface area contributed by atoms with Crippen LogP contribution in [-0.4, -0.2) is 21.0 Å². The lowest BCUT2D eigenvalue weighted by molar-refractivity contribution is 0.0702. The maximum Gasteiger partial charge on any atom is 0.346 e. The summed E-state index contributed by atoms with van der Waals surface area (Å²) < 4.78 is 0. The van der Waals surface area contributed by atoms with Crippen LogP contribution in [0.2, 0.25) is 0 Å². The van der Waals surface area contributed by atoms with Gasteiger partial charge in [-0.1, -0.05) is 0 Å². The zero-order valence-corrected chi connectivity index (χ0v) is 7.09. The highest BCUT2D eigenvalue weighted by Gasteiger charge is 2.08. The number of nitrogens with zero attached hydrogens (tertiary/aromatic N) is 1. The number of H-pyrrole nitrogens is 1. The number of aromatic nitrogens is 2. The minimum absolute atomic E-state index is 0.171. The number of carboxylic acid groups (broad SMARTS) is 1. The molecule has 5 nitrogen and oxygen atoms in total. The summed E-state index contributed by atoms with van der Waals surface area (Å²) >= 11 is 1.03. The lowest BCUT2D eigenvalue weighted by Gasteiger charge is -1.83. The fraction of sp³-hybridized carbons (Fsp3) is 0. The molecule has 0 radical (unpaired) electrons. The van der Waals surface area contributed by atoms with Gasteiger partial charge in [0.15, 0.2) is 0 Å². The highest BCUT2D eigenvalue weighted by molar-refractivity contribution is 7.20. The quantitative estimate of drug-likeness (QED) is 0.702. The summed E-state index contributed by atoms with van der Waals surface area (Å²) in [4.78, 5) is 28.3. The predicted octanol–water partition coefficient (Wildman–Crippen LogP) is 0.683. The number of aromatic amines is 1. The highest BCUT2D eigenvalue weighted by Crippen LogP contribution is 2.20. The third-order valence-corrected chi connectivity index (χ3v) is 2.51. The number of nitrogens with one attached hydrogen (secondary N) is 1. The van der Waals surface area contributed by atoms with Gasteiger partial charge >= 0.3 is 5.97 Å². The van der Waals surface area contributed by atoms with Crippen LogP contribution in [0.4, 0.5) is 0 Å². The van der Waals surface area contributed by atoms with Crippen LogP contribution >= 0.6 is 11.3 Å². The molecule has 2 N–H and O–H groups in total. The van der Waals surface area contributed by atoms with E-state index in [1.807, 2.05) is 0 Å². The molecule has 0 unspecified atom stereocenters. The van der Waals surface area contributed by atoms with Crippen molar-refractivity contribution in [3.63, 3.8) is 0 Å². The standard InChI is InChI=1S/C7H4N2O3S/c10-5-2-8-6-3(9-5)1-4(13-6)7(11)12/h1-2H,(H,9,10)(H,11,12). The SMILES string of the molecule is O=C(O)c1cc2[nH]c(=O)cnc2s1. The number of carbonyl (C=O) groups is 1. The average molecular weight is 196 g/mol. The van der Waals surface area contributed by atoms with Gasteiger partial charge in [-0.2, -0.15) is 0 Å². The van der Waals surface area contributed by atoms with Gasteiger partial charge < -0.3 is 10.1 Å². The number of hydrogen-bond donors (Lipinski definition) is 2. The van der Waals surface area contributed by atoms with E-state index < -0.39 is 5.97 Å². The van der Waals surface area contributed by atoms with Gasteiger partial charge in [-0.3, -0.25) is 4.79 Å². The Hall–Kier alpha value is -1.69. The van der Waals surface area contributed by atoms with E-state index in [1.165, 1.54) is 6.07 Å². The molecule has 2 rings (SSSR count). The van der Waals surface area contributed by atoms with E-state index >= 15 is 0 Å². The Labute approximate surface area is 75.7 Å². The number of carboxylic acids is 1. The second-order valence-electron chi connectivity index (χ2n) is 2.38. The summed E-state index contributed by atoms with van der Waals surface area (Å²) in [5.74, 6) is -1.01. The Morgan fingerprint density at radius 2 is 2.38 bits per heavy atom. The molecular weight excluding hydrogens is 192 g/mol. The minimum Gasteiger partial charge on any atom is -0.477 e. The van der Waals surface area contributed by atoms with Crippen molar-refractivity contribution < 1.29 is 9.90 Å². The maximum atomic E-state index is 10.8. The van der Waals surface area contributed by atoms with Crippen molar-refractivity contribution in [3.8, 4) is 0 Å². The van der Waals surface area contributed by atoms with Crippen LogP contribution in [0.1, 0.15) is 9.67 Å². The van der Waals surface area contributed by atoms with Gasteiger partial charge in [-0.15, -0.1) is 11.3 Å². The van der Waals surface area contributed by atoms with E-state index in [0.717, 1.165) is 17.5 Å². The molecule has 0 aliphatic heterocycles. The van der Waals surface area contributed by atoms with Crippen LogP contribution in [0.15, 0.2) is 17.1 Å². The summed E-state index contributed by atoms with van der Waals surface area (Å²) in [6.07, 6.45) is 1.13. The molecule has 2 heterocycles. The van der Waals surface area contributed by atoms with Crippen molar-refractivity contribution in [2.45, 2.75) is 0 Å². The summed E-state index contributed by atoms with van der Waals surface area (Å²) in [6, 6.07) is 1.40. The Morgan fingerprint density at radius 1 is 1.62 bits per heavy atom. The average Bonchev–Trinajstić information content (AvgIpc) is 2.46. The third-order valence-electron chi connectivity index (χ3n) is 1.48. The molecule has 0 amide bonds. The van der Waals surface area contributed by atoms with Crippen molar-refractivity contribution in [1.82, 2.24) is 9.97 Å². The van der Waals surface area contributed by atoms with E-state index in [1.54, 1.807) is 0 Å². The molecule has 6 heteroatoms. The van der Waals surface area contributed by atoms with Crippen LogP contribution in [0.3, 0.4) is 0 Å². The molecule has 0 spiro atoms. The van der Waals surface area contributed by atoms with Gasteiger partial charge in [0.05, 0.1) is 11.7 Å². The zero-order valence-electron chi connectivity index (χ0n) is 6.27. The largest absolute Gasteiger partial charge is 0.477 e. The van der Waals surface area contributed by atoms with Crippen LogP contribution in [0.5, 0.6) is 0 Å². The normalized spacial score (nSPS) is 10.5. The molecule has 2 aromatic heterocycles. The van der Waals surface area contributed by atoms with E-state index in [-0.39, 0.29) is 10.4 Å².